The first-order valence-corrected chi connectivity index (χ1v) is 12.1. The van der Waals surface area contributed by atoms with Gasteiger partial charge in [0.05, 0.1) is 18.4 Å². The number of aromatic amines is 2. The summed E-state index contributed by atoms with van der Waals surface area (Å²) >= 11 is 0. The summed E-state index contributed by atoms with van der Waals surface area (Å²) in [5.41, 5.74) is 7.14. The predicted molar refractivity (Wildman–Crippen MR) is 134 cm³/mol. The highest BCUT2D eigenvalue weighted by Crippen LogP contribution is 2.39. The van der Waals surface area contributed by atoms with E-state index in [-0.39, 0.29) is 0 Å². The molecule has 5 heterocycles. The standard InChI is InChI=1S/C26H30N8/c1-16(2)24-20-12-18(17-7-10-34(11-8-17)14-23-28-15-33(3)32-23)4-5-22(20)30-25(24)19-6-9-27-26-21(19)13-29-31-26/h4-6,9,12-13,15-17,30H,7-8,10-11,14H2,1-3H3,(H,27,29,31). The highest BCUT2D eigenvalue weighted by Gasteiger charge is 2.24. The van der Waals surface area contributed by atoms with Crippen molar-refractivity contribution in [3.8, 4) is 11.3 Å². The number of likely N-dealkylation sites (tertiary alicyclic amines) is 1. The lowest BCUT2D eigenvalue weighted by atomic mass is 9.87. The Morgan fingerprint density at radius 3 is 2.71 bits per heavy atom. The molecule has 0 unspecified atom stereocenters. The smallest absolute Gasteiger partial charge is 0.164 e. The van der Waals surface area contributed by atoms with E-state index >= 15 is 0 Å². The average molecular weight is 455 g/mol. The van der Waals surface area contributed by atoms with Crippen LogP contribution in [0.25, 0.3) is 33.2 Å². The van der Waals surface area contributed by atoms with Gasteiger partial charge in [-0.1, -0.05) is 19.9 Å². The number of nitrogens with one attached hydrogen (secondary N) is 2. The Labute approximate surface area is 198 Å². The van der Waals surface area contributed by atoms with Crippen LogP contribution in [0.2, 0.25) is 0 Å². The number of rotatable bonds is 5. The summed E-state index contributed by atoms with van der Waals surface area (Å²) in [7, 11) is 1.92. The van der Waals surface area contributed by atoms with Gasteiger partial charge in [0.1, 0.15) is 6.33 Å². The second-order valence-electron chi connectivity index (χ2n) is 9.75. The van der Waals surface area contributed by atoms with Crippen LogP contribution in [-0.2, 0) is 13.6 Å². The fraction of sp³-hybridized carbons (Fsp3) is 0.385. The number of piperidine rings is 1. The summed E-state index contributed by atoms with van der Waals surface area (Å²) in [6, 6.07) is 9.09. The molecule has 5 aromatic rings. The van der Waals surface area contributed by atoms with Crippen LogP contribution in [0.15, 0.2) is 43.0 Å². The van der Waals surface area contributed by atoms with Gasteiger partial charge in [-0.2, -0.15) is 10.2 Å². The van der Waals surface area contributed by atoms with Crippen molar-refractivity contribution in [1.29, 1.82) is 0 Å². The van der Waals surface area contributed by atoms with Gasteiger partial charge in [0.25, 0.3) is 0 Å². The first-order chi connectivity index (χ1) is 16.6. The molecule has 1 aromatic carbocycles. The molecule has 34 heavy (non-hydrogen) atoms. The topological polar surface area (TPSA) is 91.3 Å². The van der Waals surface area contributed by atoms with Gasteiger partial charge in [0.15, 0.2) is 11.5 Å². The molecule has 1 fully saturated rings. The molecule has 6 rings (SSSR count). The van der Waals surface area contributed by atoms with Gasteiger partial charge in [-0.15, -0.1) is 0 Å². The monoisotopic (exact) mass is 454 g/mol. The Morgan fingerprint density at radius 2 is 1.94 bits per heavy atom. The van der Waals surface area contributed by atoms with E-state index in [2.05, 4.69) is 73.3 Å². The Morgan fingerprint density at radius 1 is 1.09 bits per heavy atom. The van der Waals surface area contributed by atoms with Crippen molar-refractivity contribution in [3.05, 3.63) is 59.9 Å². The predicted octanol–water partition coefficient (Wildman–Crippen LogP) is 4.74. The minimum absolute atomic E-state index is 0.391. The molecule has 8 nitrogen and oxygen atoms in total. The summed E-state index contributed by atoms with van der Waals surface area (Å²) in [6.45, 7) is 7.53. The number of aromatic nitrogens is 7. The number of hydrogen-bond donors (Lipinski definition) is 2. The lowest BCUT2D eigenvalue weighted by Crippen LogP contribution is -2.32. The summed E-state index contributed by atoms with van der Waals surface area (Å²) < 4.78 is 1.78. The van der Waals surface area contributed by atoms with Crippen LogP contribution in [-0.4, -0.2) is 52.9 Å². The fourth-order valence-electron chi connectivity index (χ4n) is 5.45. The van der Waals surface area contributed by atoms with Crippen LogP contribution in [0.4, 0.5) is 0 Å². The maximum absolute atomic E-state index is 4.44. The van der Waals surface area contributed by atoms with Gasteiger partial charge in [-0.05, 0) is 67.1 Å². The average Bonchev–Trinajstić information content (AvgIpc) is 3.56. The van der Waals surface area contributed by atoms with Crippen molar-refractivity contribution >= 4 is 21.9 Å². The number of hydrogen-bond acceptors (Lipinski definition) is 5. The SMILES string of the molecule is CC(C)c1c(-c2ccnc3[nH]ncc23)[nH]c2ccc(C3CCN(Cc4ncn(C)n4)CC3)cc12. The number of fused-ring (bicyclic) bond motifs is 2. The maximum atomic E-state index is 4.44. The van der Waals surface area contributed by atoms with Crippen LogP contribution >= 0.6 is 0 Å². The Hall–Kier alpha value is -3.52. The number of pyridine rings is 1. The zero-order valence-corrected chi connectivity index (χ0v) is 19.9. The zero-order chi connectivity index (χ0) is 23.2. The number of aryl methyl sites for hydroxylation is 1. The molecule has 0 aliphatic carbocycles. The molecule has 0 spiro atoms. The highest BCUT2D eigenvalue weighted by molar-refractivity contribution is 5.98. The van der Waals surface area contributed by atoms with Crippen molar-refractivity contribution in [2.24, 2.45) is 7.05 Å². The number of H-pyrrole nitrogens is 2. The fourth-order valence-corrected chi connectivity index (χ4v) is 5.45. The van der Waals surface area contributed by atoms with Gasteiger partial charge >= 0.3 is 0 Å². The second-order valence-corrected chi connectivity index (χ2v) is 9.75. The first kappa shape index (κ1) is 21.0. The molecule has 0 bridgehead atoms. The van der Waals surface area contributed by atoms with Gasteiger partial charge in [-0.25, -0.2) is 9.97 Å². The quantitative estimate of drug-likeness (QED) is 0.400. The van der Waals surface area contributed by atoms with E-state index in [4.69, 9.17) is 0 Å². The molecule has 1 saturated heterocycles. The van der Waals surface area contributed by atoms with E-state index in [9.17, 15) is 0 Å². The van der Waals surface area contributed by atoms with Crippen LogP contribution in [0.5, 0.6) is 0 Å². The molecule has 1 aliphatic heterocycles. The molecule has 8 heteroatoms. The van der Waals surface area contributed by atoms with Crippen molar-refractivity contribution in [2.45, 2.75) is 45.1 Å². The molecule has 0 atom stereocenters. The number of benzene rings is 1. The molecule has 174 valence electrons. The van der Waals surface area contributed by atoms with Gasteiger partial charge < -0.3 is 4.98 Å². The summed E-state index contributed by atoms with van der Waals surface area (Å²) in [5.74, 6) is 1.88. The van der Waals surface area contributed by atoms with Gasteiger partial charge in [0, 0.05) is 35.1 Å². The Bertz CT molecular complexity index is 1450. The second kappa shape index (κ2) is 8.36. The molecule has 1 aliphatic rings. The third-order valence-corrected chi connectivity index (χ3v) is 7.13. The molecular formula is C26H30N8. The van der Waals surface area contributed by atoms with Gasteiger partial charge in [0.2, 0.25) is 0 Å². The van der Waals surface area contributed by atoms with Crippen LogP contribution < -0.4 is 0 Å². The van der Waals surface area contributed by atoms with Crippen molar-refractivity contribution < 1.29 is 0 Å². The minimum Gasteiger partial charge on any atom is -0.354 e. The van der Waals surface area contributed by atoms with Crippen molar-refractivity contribution in [2.75, 3.05) is 13.1 Å². The summed E-state index contributed by atoms with van der Waals surface area (Å²) in [5, 5.41) is 14.0. The molecular weight excluding hydrogens is 424 g/mol. The van der Waals surface area contributed by atoms with Crippen LogP contribution in [0, 0.1) is 0 Å². The van der Waals surface area contributed by atoms with E-state index in [0.29, 0.717) is 11.8 Å². The van der Waals surface area contributed by atoms with E-state index < -0.39 is 0 Å². The number of nitrogens with zero attached hydrogens (tertiary/aromatic N) is 6. The minimum atomic E-state index is 0.391. The lowest BCUT2D eigenvalue weighted by Gasteiger charge is -2.31. The zero-order valence-electron chi connectivity index (χ0n) is 19.9. The van der Waals surface area contributed by atoms with Crippen molar-refractivity contribution in [3.63, 3.8) is 0 Å². The van der Waals surface area contributed by atoms with E-state index in [0.717, 1.165) is 54.9 Å². The Balaban J connectivity index is 1.30. The summed E-state index contributed by atoms with van der Waals surface area (Å²) in [4.78, 5) is 15.0. The van der Waals surface area contributed by atoms with Crippen molar-refractivity contribution in [1.82, 2.24) is 39.8 Å². The molecule has 4 aromatic heterocycles. The molecule has 0 amide bonds. The first-order valence-electron chi connectivity index (χ1n) is 12.1. The van der Waals surface area contributed by atoms with E-state index in [1.54, 1.807) is 11.0 Å². The highest BCUT2D eigenvalue weighted by atomic mass is 15.3. The third kappa shape index (κ3) is 3.68. The molecule has 0 radical (unpaired) electrons. The normalized spacial score (nSPS) is 15.8. The largest absolute Gasteiger partial charge is 0.354 e. The maximum Gasteiger partial charge on any atom is 0.164 e. The molecule has 2 N–H and O–H groups in total. The molecule has 0 saturated carbocycles. The van der Waals surface area contributed by atoms with E-state index in [1.807, 2.05) is 19.4 Å². The van der Waals surface area contributed by atoms with Crippen LogP contribution in [0.3, 0.4) is 0 Å². The lowest BCUT2D eigenvalue weighted by molar-refractivity contribution is 0.200. The third-order valence-electron chi connectivity index (χ3n) is 7.13. The van der Waals surface area contributed by atoms with Crippen LogP contribution in [0.1, 0.15) is 55.5 Å². The van der Waals surface area contributed by atoms with Gasteiger partial charge in [-0.3, -0.25) is 14.7 Å². The van der Waals surface area contributed by atoms with E-state index in [1.165, 1.54) is 27.7 Å². The summed E-state index contributed by atoms with van der Waals surface area (Å²) in [6.07, 6.45) is 7.82. The Kier molecular flexibility index (Phi) is 5.17.